The average molecular weight is 181 g/mol. The fourth-order valence-corrected chi connectivity index (χ4v) is 0.983. The zero-order chi connectivity index (χ0) is 9.73. The van der Waals surface area contributed by atoms with Gasteiger partial charge < -0.3 is 10.5 Å². The molecule has 0 bridgehead atoms. The zero-order valence-electron chi connectivity index (χ0n) is 7.19. The summed E-state index contributed by atoms with van der Waals surface area (Å²) in [5.74, 6) is 2.51. The van der Waals surface area contributed by atoms with E-state index in [0.717, 1.165) is 0 Å². The molecule has 0 saturated carbocycles. The Morgan fingerprint density at radius 1 is 1.54 bits per heavy atom. The van der Waals surface area contributed by atoms with Crippen LogP contribution in [-0.4, -0.2) is 18.4 Å². The second-order valence-electron chi connectivity index (χ2n) is 2.80. The Balaban J connectivity index is 2.13. The number of primary amides is 1. The second kappa shape index (κ2) is 3.90. The molecule has 5 heteroatoms. The van der Waals surface area contributed by atoms with Crippen LogP contribution in [0.3, 0.4) is 0 Å². The molecule has 0 aromatic heterocycles. The van der Waals surface area contributed by atoms with Crippen molar-refractivity contribution in [1.82, 2.24) is 0 Å². The predicted molar refractivity (Wildman–Crippen MR) is 45.8 cm³/mol. The lowest BCUT2D eigenvalue weighted by Gasteiger charge is -2.07. The molecule has 0 fully saturated rings. The molecule has 70 valence electrons. The number of rotatable bonds is 5. The normalized spacial score (nSPS) is 16.2. The highest BCUT2D eigenvalue weighted by atomic mass is 16.5. The summed E-state index contributed by atoms with van der Waals surface area (Å²) in [6.45, 7) is 0.243. The van der Waals surface area contributed by atoms with Crippen LogP contribution in [0.4, 0.5) is 4.79 Å². The summed E-state index contributed by atoms with van der Waals surface area (Å²) in [5.41, 5.74) is 4.40. The van der Waals surface area contributed by atoms with E-state index in [9.17, 15) is 4.79 Å². The number of nitrogens with zero attached hydrogens (tertiary/aromatic N) is 2. The maximum atomic E-state index is 10.2. The van der Waals surface area contributed by atoms with Crippen LogP contribution >= 0.6 is 0 Å². The Hall–Kier alpha value is -1.57. The van der Waals surface area contributed by atoms with Gasteiger partial charge in [-0.15, -0.1) is 12.3 Å². The van der Waals surface area contributed by atoms with Crippen molar-refractivity contribution >= 4 is 6.09 Å². The maximum absolute atomic E-state index is 10.2. The molecule has 5 nitrogen and oxygen atoms in total. The van der Waals surface area contributed by atoms with Gasteiger partial charge in [-0.1, -0.05) is 0 Å². The highest BCUT2D eigenvalue weighted by molar-refractivity contribution is 5.64. The molecule has 13 heavy (non-hydrogen) atoms. The molecule has 2 N–H and O–H groups in total. The van der Waals surface area contributed by atoms with Crippen LogP contribution in [0.5, 0.6) is 0 Å². The third-order valence-electron chi connectivity index (χ3n) is 1.80. The van der Waals surface area contributed by atoms with Crippen LogP contribution in [0, 0.1) is 12.3 Å². The average Bonchev–Trinajstić information content (AvgIpc) is 2.82. The maximum Gasteiger partial charge on any atom is 0.404 e. The summed E-state index contributed by atoms with van der Waals surface area (Å²) in [6, 6.07) is 0. The molecule has 0 atom stereocenters. The molecule has 1 amide bonds. The third kappa shape index (κ3) is 3.11. The first-order chi connectivity index (χ1) is 6.18. The van der Waals surface area contributed by atoms with E-state index < -0.39 is 6.09 Å². The lowest BCUT2D eigenvalue weighted by atomic mass is 10.1. The molecule has 0 aromatic carbocycles. The van der Waals surface area contributed by atoms with Crippen LogP contribution in [0.1, 0.15) is 19.3 Å². The quantitative estimate of drug-likeness (QED) is 0.643. The number of carbonyl (C=O) groups excluding carboxylic acids is 1. The topological polar surface area (TPSA) is 77.0 Å². The van der Waals surface area contributed by atoms with E-state index in [0.29, 0.717) is 19.3 Å². The number of hydrogen-bond donors (Lipinski definition) is 1. The van der Waals surface area contributed by atoms with Crippen LogP contribution in [0.25, 0.3) is 0 Å². The number of terminal acetylenes is 1. The minimum atomic E-state index is -0.771. The van der Waals surface area contributed by atoms with Gasteiger partial charge >= 0.3 is 6.09 Å². The molecular formula is C8H11N3O2. The molecule has 0 unspecified atom stereocenters. The van der Waals surface area contributed by atoms with Crippen molar-refractivity contribution in [3.8, 4) is 12.3 Å². The lowest BCUT2D eigenvalue weighted by molar-refractivity contribution is 0.150. The predicted octanol–water partition coefficient (Wildman–Crippen LogP) is 1.05. The highest BCUT2D eigenvalue weighted by Crippen LogP contribution is 2.36. The van der Waals surface area contributed by atoms with E-state index in [1.807, 2.05) is 0 Å². The Morgan fingerprint density at radius 3 is 2.69 bits per heavy atom. The van der Waals surface area contributed by atoms with E-state index in [2.05, 4.69) is 20.9 Å². The molecule has 0 aliphatic carbocycles. The number of nitrogens with two attached hydrogens (primary N) is 1. The fourth-order valence-electron chi connectivity index (χ4n) is 0.983. The van der Waals surface area contributed by atoms with Crippen molar-refractivity contribution in [3.63, 3.8) is 0 Å². The van der Waals surface area contributed by atoms with E-state index in [-0.39, 0.29) is 12.3 Å². The molecule has 1 heterocycles. The van der Waals surface area contributed by atoms with E-state index >= 15 is 0 Å². The Morgan fingerprint density at radius 2 is 2.23 bits per heavy atom. The minimum absolute atomic E-state index is 0.243. The second-order valence-corrected chi connectivity index (χ2v) is 2.80. The van der Waals surface area contributed by atoms with E-state index in [1.165, 1.54) is 0 Å². The molecule has 0 spiro atoms. The van der Waals surface area contributed by atoms with E-state index in [4.69, 9.17) is 12.2 Å². The lowest BCUT2D eigenvalue weighted by Crippen LogP contribution is -2.19. The standard InChI is InChI=1S/C8H11N3O2/c1-2-3-4-8(10-11-8)5-6-13-7(9)12/h1H,3-6H2,(H2,9,12). The Bertz CT molecular complexity index is 261. The van der Waals surface area contributed by atoms with Crippen LogP contribution in [0.2, 0.25) is 0 Å². The van der Waals surface area contributed by atoms with E-state index in [1.54, 1.807) is 0 Å². The number of hydrogen-bond acceptors (Lipinski definition) is 4. The Kier molecular flexibility index (Phi) is 2.85. The summed E-state index contributed by atoms with van der Waals surface area (Å²) in [6.07, 6.45) is 6.24. The van der Waals surface area contributed by atoms with Gasteiger partial charge in [-0.3, -0.25) is 0 Å². The summed E-state index contributed by atoms with van der Waals surface area (Å²) in [5, 5.41) is 7.73. The van der Waals surface area contributed by atoms with Crippen molar-refractivity contribution in [2.24, 2.45) is 16.0 Å². The molecule has 0 radical (unpaired) electrons. The first-order valence-corrected chi connectivity index (χ1v) is 3.98. The largest absolute Gasteiger partial charge is 0.450 e. The molecule has 1 aliphatic heterocycles. The van der Waals surface area contributed by atoms with Gasteiger partial charge in [-0.05, 0) is 0 Å². The summed E-state index contributed by atoms with van der Waals surface area (Å²) >= 11 is 0. The minimum Gasteiger partial charge on any atom is -0.450 e. The molecule has 1 aliphatic rings. The first-order valence-electron chi connectivity index (χ1n) is 3.98. The number of ether oxygens (including phenoxy) is 1. The van der Waals surface area contributed by atoms with Gasteiger partial charge in [0.15, 0.2) is 5.66 Å². The van der Waals surface area contributed by atoms with Crippen LogP contribution in [-0.2, 0) is 4.74 Å². The summed E-state index contributed by atoms with van der Waals surface area (Å²) < 4.78 is 4.56. The smallest absolute Gasteiger partial charge is 0.404 e. The molecule has 0 saturated heterocycles. The zero-order valence-corrected chi connectivity index (χ0v) is 7.19. The number of amides is 1. The highest BCUT2D eigenvalue weighted by Gasteiger charge is 2.38. The monoisotopic (exact) mass is 181 g/mol. The van der Waals surface area contributed by atoms with Gasteiger partial charge in [0.05, 0.1) is 6.61 Å². The van der Waals surface area contributed by atoms with Gasteiger partial charge in [0, 0.05) is 19.3 Å². The first kappa shape index (κ1) is 9.52. The molecular weight excluding hydrogens is 170 g/mol. The Labute approximate surface area is 76.3 Å². The van der Waals surface area contributed by atoms with Gasteiger partial charge in [0.1, 0.15) is 0 Å². The van der Waals surface area contributed by atoms with Crippen molar-refractivity contribution in [3.05, 3.63) is 0 Å². The van der Waals surface area contributed by atoms with Gasteiger partial charge in [-0.25, -0.2) is 4.79 Å². The third-order valence-corrected chi connectivity index (χ3v) is 1.80. The van der Waals surface area contributed by atoms with Gasteiger partial charge in [0.25, 0.3) is 0 Å². The van der Waals surface area contributed by atoms with Gasteiger partial charge in [0.2, 0.25) is 0 Å². The van der Waals surface area contributed by atoms with Crippen molar-refractivity contribution in [2.45, 2.75) is 24.9 Å². The molecule has 0 aromatic rings. The van der Waals surface area contributed by atoms with Crippen molar-refractivity contribution < 1.29 is 9.53 Å². The van der Waals surface area contributed by atoms with Crippen LogP contribution < -0.4 is 5.73 Å². The summed E-state index contributed by atoms with van der Waals surface area (Å²) in [7, 11) is 0. The van der Waals surface area contributed by atoms with Crippen molar-refractivity contribution in [1.29, 1.82) is 0 Å². The van der Waals surface area contributed by atoms with Gasteiger partial charge in [-0.2, -0.15) is 10.2 Å². The summed E-state index contributed by atoms with van der Waals surface area (Å²) in [4.78, 5) is 10.2. The SMILES string of the molecule is C#CCCC1(CCOC(N)=O)N=N1. The van der Waals surface area contributed by atoms with Crippen molar-refractivity contribution in [2.75, 3.05) is 6.61 Å². The number of carbonyl (C=O) groups is 1. The molecule has 1 rings (SSSR count). The van der Waals surface area contributed by atoms with Crippen LogP contribution in [0.15, 0.2) is 10.2 Å². The fraction of sp³-hybridized carbons (Fsp3) is 0.625.